The molecule has 2 aromatic rings. The van der Waals surface area contributed by atoms with Crippen LogP contribution in [0.25, 0.3) is 11.3 Å². The molecular weight excluding hydrogens is 353 g/mol. The third-order valence-electron chi connectivity index (χ3n) is 2.95. The van der Waals surface area contributed by atoms with Crippen LogP contribution in [0.1, 0.15) is 32.3 Å². The molecular formula is C14H18IN3O. The van der Waals surface area contributed by atoms with Crippen LogP contribution in [0.2, 0.25) is 0 Å². The maximum atomic E-state index is 5.78. The molecule has 0 aliphatic heterocycles. The van der Waals surface area contributed by atoms with Crippen molar-refractivity contribution in [1.29, 1.82) is 0 Å². The summed E-state index contributed by atoms with van der Waals surface area (Å²) in [6.45, 7) is 6.99. The zero-order valence-corrected chi connectivity index (χ0v) is 13.5. The van der Waals surface area contributed by atoms with E-state index in [1.54, 1.807) is 0 Å². The van der Waals surface area contributed by atoms with E-state index in [1.165, 1.54) is 5.56 Å². The third-order valence-corrected chi connectivity index (χ3v) is 4.04. The number of aromatic amines is 1. The highest BCUT2D eigenvalue weighted by molar-refractivity contribution is 14.1. The van der Waals surface area contributed by atoms with E-state index in [0.29, 0.717) is 18.3 Å². The maximum Gasteiger partial charge on any atom is 0.159 e. The molecule has 0 spiro atoms. The fourth-order valence-corrected chi connectivity index (χ4v) is 2.53. The van der Waals surface area contributed by atoms with Gasteiger partial charge < -0.3 is 10.5 Å². The normalized spacial score (nSPS) is 11.0. The van der Waals surface area contributed by atoms with Gasteiger partial charge in [-0.3, -0.25) is 5.10 Å². The summed E-state index contributed by atoms with van der Waals surface area (Å²) in [5.41, 5.74) is 9.02. The lowest BCUT2D eigenvalue weighted by Gasteiger charge is -2.14. The molecule has 0 amide bonds. The zero-order valence-electron chi connectivity index (χ0n) is 11.3. The molecule has 1 aromatic carbocycles. The van der Waals surface area contributed by atoms with Crippen molar-refractivity contribution in [3.63, 3.8) is 0 Å². The fraction of sp³-hybridized carbons (Fsp3) is 0.357. The van der Waals surface area contributed by atoms with Crippen LogP contribution in [0.4, 0.5) is 5.82 Å². The first-order valence-corrected chi connectivity index (χ1v) is 7.38. The molecule has 0 aliphatic carbocycles. The van der Waals surface area contributed by atoms with Gasteiger partial charge >= 0.3 is 0 Å². The first-order chi connectivity index (χ1) is 9.04. The van der Waals surface area contributed by atoms with Gasteiger partial charge in [-0.05, 0) is 59.2 Å². The second kappa shape index (κ2) is 5.81. The average molecular weight is 371 g/mol. The van der Waals surface area contributed by atoms with Gasteiger partial charge in [0.15, 0.2) is 5.82 Å². The van der Waals surface area contributed by atoms with E-state index in [-0.39, 0.29) is 0 Å². The second-order valence-corrected chi connectivity index (χ2v) is 5.72. The number of halogens is 1. The monoisotopic (exact) mass is 371 g/mol. The predicted molar refractivity (Wildman–Crippen MR) is 86.4 cm³/mol. The van der Waals surface area contributed by atoms with Crippen molar-refractivity contribution in [2.24, 2.45) is 0 Å². The number of nitrogens with zero attached hydrogens (tertiary/aromatic N) is 1. The Bertz CT molecular complexity index is 578. The molecule has 1 heterocycles. The van der Waals surface area contributed by atoms with E-state index in [0.717, 1.165) is 20.6 Å². The van der Waals surface area contributed by atoms with Crippen LogP contribution in [0.3, 0.4) is 0 Å². The van der Waals surface area contributed by atoms with Crippen LogP contribution in [0.5, 0.6) is 5.75 Å². The Balaban J connectivity index is 2.49. The molecule has 0 atom stereocenters. The number of rotatable bonds is 4. The van der Waals surface area contributed by atoms with Crippen LogP contribution in [-0.2, 0) is 0 Å². The van der Waals surface area contributed by atoms with Gasteiger partial charge in [0, 0.05) is 5.56 Å². The van der Waals surface area contributed by atoms with Crippen LogP contribution in [0, 0.1) is 3.57 Å². The molecule has 5 heteroatoms. The molecule has 2 rings (SSSR count). The molecule has 0 saturated carbocycles. The first kappa shape index (κ1) is 14.2. The molecule has 102 valence electrons. The zero-order chi connectivity index (χ0) is 14.0. The highest BCUT2D eigenvalue weighted by Crippen LogP contribution is 2.33. The van der Waals surface area contributed by atoms with E-state index in [4.69, 9.17) is 10.5 Å². The quantitative estimate of drug-likeness (QED) is 0.804. The van der Waals surface area contributed by atoms with Crippen LogP contribution >= 0.6 is 22.6 Å². The molecule has 1 aromatic heterocycles. The number of aromatic nitrogens is 2. The van der Waals surface area contributed by atoms with E-state index in [2.05, 4.69) is 52.7 Å². The van der Waals surface area contributed by atoms with E-state index in [9.17, 15) is 0 Å². The summed E-state index contributed by atoms with van der Waals surface area (Å²) in [6.07, 6.45) is 0. The Morgan fingerprint density at radius 2 is 2.16 bits per heavy atom. The van der Waals surface area contributed by atoms with Crippen molar-refractivity contribution in [2.45, 2.75) is 26.7 Å². The molecule has 3 N–H and O–H groups in total. The molecule has 4 nitrogen and oxygen atoms in total. The summed E-state index contributed by atoms with van der Waals surface area (Å²) >= 11 is 2.21. The number of nitrogen functional groups attached to an aromatic ring is 1. The highest BCUT2D eigenvalue weighted by Gasteiger charge is 2.14. The number of benzene rings is 1. The number of nitrogens with one attached hydrogen (secondary N) is 1. The lowest BCUT2D eigenvalue weighted by molar-refractivity contribution is 0.335. The van der Waals surface area contributed by atoms with Gasteiger partial charge in [-0.2, -0.15) is 5.10 Å². The Morgan fingerprint density at radius 3 is 2.68 bits per heavy atom. The summed E-state index contributed by atoms with van der Waals surface area (Å²) in [7, 11) is 0. The molecule has 0 fully saturated rings. The summed E-state index contributed by atoms with van der Waals surface area (Å²) < 4.78 is 6.63. The van der Waals surface area contributed by atoms with Gasteiger partial charge in [0.25, 0.3) is 0 Å². The highest BCUT2D eigenvalue weighted by atomic mass is 127. The van der Waals surface area contributed by atoms with Crippen molar-refractivity contribution in [3.05, 3.63) is 27.3 Å². The molecule has 0 aliphatic rings. The number of nitrogens with two attached hydrogens (primary N) is 1. The van der Waals surface area contributed by atoms with Crippen molar-refractivity contribution in [2.75, 3.05) is 12.3 Å². The summed E-state index contributed by atoms with van der Waals surface area (Å²) in [5, 5.41) is 7.02. The van der Waals surface area contributed by atoms with Crippen molar-refractivity contribution < 1.29 is 4.74 Å². The summed E-state index contributed by atoms with van der Waals surface area (Å²) in [4.78, 5) is 0. The first-order valence-electron chi connectivity index (χ1n) is 6.31. The summed E-state index contributed by atoms with van der Waals surface area (Å²) in [6, 6.07) is 6.19. The average Bonchev–Trinajstić information content (AvgIpc) is 2.71. The topological polar surface area (TPSA) is 63.9 Å². The van der Waals surface area contributed by atoms with E-state index < -0.39 is 0 Å². The smallest absolute Gasteiger partial charge is 0.159 e. The SMILES string of the molecule is CCOc1ccc(-c2[nH]nc(N)c2I)cc1C(C)C. The standard InChI is InChI=1S/C14H18IN3O/c1-4-19-11-6-5-9(7-10(11)8(2)3)13-12(15)14(16)18-17-13/h5-8H,4H2,1-3H3,(H3,16,17,18). The largest absolute Gasteiger partial charge is 0.494 e. The van der Waals surface area contributed by atoms with Crippen molar-refractivity contribution >= 4 is 28.4 Å². The van der Waals surface area contributed by atoms with Crippen molar-refractivity contribution in [3.8, 4) is 17.0 Å². The summed E-state index contributed by atoms with van der Waals surface area (Å²) in [5.74, 6) is 1.89. The van der Waals surface area contributed by atoms with E-state index >= 15 is 0 Å². The van der Waals surface area contributed by atoms with Gasteiger partial charge in [-0.1, -0.05) is 13.8 Å². The molecule has 0 radical (unpaired) electrons. The predicted octanol–water partition coefficient (Wildman–Crippen LogP) is 3.79. The van der Waals surface area contributed by atoms with Gasteiger partial charge in [0.1, 0.15) is 5.75 Å². The number of ether oxygens (including phenoxy) is 1. The lowest BCUT2D eigenvalue weighted by atomic mass is 9.98. The number of anilines is 1. The minimum absolute atomic E-state index is 0.402. The Labute approximate surface area is 126 Å². The van der Waals surface area contributed by atoms with E-state index in [1.807, 2.05) is 19.1 Å². The van der Waals surface area contributed by atoms with Crippen LogP contribution < -0.4 is 10.5 Å². The third kappa shape index (κ3) is 2.86. The van der Waals surface area contributed by atoms with Gasteiger partial charge in [-0.25, -0.2) is 0 Å². The van der Waals surface area contributed by atoms with Crippen LogP contribution in [-0.4, -0.2) is 16.8 Å². The minimum Gasteiger partial charge on any atom is -0.494 e. The molecule has 0 unspecified atom stereocenters. The second-order valence-electron chi connectivity index (χ2n) is 4.64. The maximum absolute atomic E-state index is 5.78. The Kier molecular flexibility index (Phi) is 4.34. The number of hydrogen-bond donors (Lipinski definition) is 2. The Hall–Kier alpha value is -1.24. The fourth-order valence-electron chi connectivity index (χ4n) is 1.98. The number of hydrogen-bond acceptors (Lipinski definition) is 3. The number of H-pyrrole nitrogens is 1. The Morgan fingerprint density at radius 1 is 1.42 bits per heavy atom. The van der Waals surface area contributed by atoms with Crippen molar-refractivity contribution in [1.82, 2.24) is 10.2 Å². The molecule has 0 saturated heterocycles. The van der Waals surface area contributed by atoms with Gasteiger partial charge in [0.2, 0.25) is 0 Å². The molecule has 0 bridgehead atoms. The minimum atomic E-state index is 0.402. The van der Waals surface area contributed by atoms with Crippen LogP contribution in [0.15, 0.2) is 18.2 Å². The molecule has 19 heavy (non-hydrogen) atoms. The van der Waals surface area contributed by atoms with Gasteiger partial charge in [-0.15, -0.1) is 0 Å². The lowest BCUT2D eigenvalue weighted by Crippen LogP contribution is -1.99. The van der Waals surface area contributed by atoms with Gasteiger partial charge in [0.05, 0.1) is 15.9 Å².